The molecule has 0 aliphatic heterocycles. The van der Waals surface area contributed by atoms with Crippen LogP contribution in [0.2, 0.25) is 0 Å². The average molecular weight is 389 g/mol. The van der Waals surface area contributed by atoms with E-state index in [1.807, 2.05) is 5.38 Å². The summed E-state index contributed by atoms with van der Waals surface area (Å²) in [7, 11) is 0. The maximum absolute atomic E-state index is 12.1. The lowest BCUT2D eigenvalue weighted by atomic mass is 10.2. The second-order valence-electron chi connectivity index (χ2n) is 5.09. The van der Waals surface area contributed by atoms with Gasteiger partial charge in [-0.25, -0.2) is 14.8 Å². The van der Waals surface area contributed by atoms with Crippen molar-refractivity contribution >= 4 is 46.0 Å². The molecule has 3 aromatic rings. The van der Waals surface area contributed by atoms with Gasteiger partial charge in [0, 0.05) is 17.0 Å². The van der Waals surface area contributed by atoms with E-state index in [4.69, 9.17) is 10.5 Å². The molecule has 4 N–H and O–H groups in total. The molecular formula is C16H15N5O3S2. The first kappa shape index (κ1) is 17.8. The van der Waals surface area contributed by atoms with Gasteiger partial charge >= 0.3 is 6.09 Å². The number of carbonyl (C=O) groups excluding carboxylic acids is 2. The fourth-order valence-corrected chi connectivity index (χ4v) is 3.21. The minimum absolute atomic E-state index is 0.0505. The molecule has 0 unspecified atom stereocenters. The van der Waals surface area contributed by atoms with Crippen LogP contribution in [0.15, 0.2) is 41.2 Å². The maximum Gasteiger partial charge on any atom is 0.414 e. The van der Waals surface area contributed by atoms with Crippen LogP contribution in [-0.4, -0.2) is 22.0 Å². The van der Waals surface area contributed by atoms with Crippen molar-refractivity contribution in [1.29, 1.82) is 0 Å². The van der Waals surface area contributed by atoms with E-state index in [2.05, 4.69) is 20.6 Å². The number of carbonyl (C=O) groups is 2. The monoisotopic (exact) mass is 389 g/mol. The van der Waals surface area contributed by atoms with Gasteiger partial charge in [0.05, 0.1) is 30.0 Å². The number of thiazole rings is 2. The summed E-state index contributed by atoms with van der Waals surface area (Å²) in [4.78, 5) is 32.0. The number of nitrogens with zero attached hydrogens (tertiary/aromatic N) is 2. The zero-order valence-corrected chi connectivity index (χ0v) is 15.1. The predicted octanol–water partition coefficient (Wildman–Crippen LogP) is 2.65. The first-order valence-electron chi connectivity index (χ1n) is 7.53. The minimum Gasteiger partial charge on any atom is -0.397 e. The van der Waals surface area contributed by atoms with Crippen LogP contribution in [-0.2, 0) is 17.8 Å². The van der Waals surface area contributed by atoms with Crippen LogP contribution in [0.3, 0.4) is 0 Å². The van der Waals surface area contributed by atoms with Crippen LogP contribution in [0.1, 0.15) is 10.7 Å². The highest BCUT2D eigenvalue weighted by atomic mass is 32.1. The Morgan fingerprint density at radius 3 is 2.85 bits per heavy atom. The summed E-state index contributed by atoms with van der Waals surface area (Å²) >= 11 is 2.58. The summed E-state index contributed by atoms with van der Waals surface area (Å²) in [5, 5.41) is 9.74. The largest absolute Gasteiger partial charge is 0.414 e. The van der Waals surface area contributed by atoms with E-state index in [0.717, 1.165) is 16.3 Å². The highest BCUT2D eigenvalue weighted by molar-refractivity contribution is 7.11. The number of aromatic nitrogens is 2. The van der Waals surface area contributed by atoms with Crippen LogP contribution in [0.4, 0.5) is 16.2 Å². The highest BCUT2D eigenvalue weighted by Crippen LogP contribution is 2.20. The van der Waals surface area contributed by atoms with Crippen molar-refractivity contribution in [3.05, 3.63) is 51.9 Å². The molecule has 2 amide bonds. The van der Waals surface area contributed by atoms with Crippen molar-refractivity contribution in [1.82, 2.24) is 15.3 Å². The Morgan fingerprint density at radius 2 is 2.08 bits per heavy atom. The number of amides is 2. The fraction of sp³-hybridized carbons (Fsp3) is 0.125. The Labute approximate surface area is 157 Å². The highest BCUT2D eigenvalue weighted by Gasteiger charge is 2.12. The molecular weight excluding hydrogens is 374 g/mol. The molecule has 10 heteroatoms. The molecule has 0 aliphatic rings. The number of anilines is 2. The van der Waals surface area contributed by atoms with Crippen LogP contribution in [0.25, 0.3) is 0 Å². The van der Waals surface area contributed by atoms with Crippen LogP contribution >= 0.6 is 22.7 Å². The number of nitrogen functional groups attached to an aromatic ring is 1. The van der Waals surface area contributed by atoms with Gasteiger partial charge in [0.1, 0.15) is 5.01 Å². The topological polar surface area (TPSA) is 119 Å². The molecule has 2 aromatic heterocycles. The number of ether oxygens (including phenoxy) is 1. The van der Waals surface area contributed by atoms with Crippen molar-refractivity contribution in [3.8, 4) is 5.19 Å². The van der Waals surface area contributed by atoms with E-state index in [1.54, 1.807) is 35.8 Å². The minimum atomic E-state index is -0.623. The third-order valence-corrected chi connectivity index (χ3v) is 4.70. The first-order chi connectivity index (χ1) is 12.6. The van der Waals surface area contributed by atoms with Crippen molar-refractivity contribution in [2.24, 2.45) is 0 Å². The smallest absolute Gasteiger partial charge is 0.397 e. The molecule has 26 heavy (non-hydrogen) atoms. The third kappa shape index (κ3) is 5.01. The van der Waals surface area contributed by atoms with E-state index >= 15 is 0 Å². The van der Waals surface area contributed by atoms with Crippen LogP contribution in [0, 0.1) is 0 Å². The lowest BCUT2D eigenvalue weighted by Gasteiger charge is -2.06. The number of nitrogens with one attached hydrogen (secondary N) is 2. The van der Waals surface area contributed by atoms with E-state index in [9.17, 15) is 9.59 Å². The van der Waals surface area contributed by atoms with Gasteiger partial charge < -0.3 is 21.1 Å². The number of hydrogen-bond donors (Lipinski definition) is 3. The van der Waals surface area contributed by atoms with Gasteiger partial charge in [-0.2, -0.15) is 0 Å². The van der Waals surface area contributed by atoms with E-state index in [-0.39, 0.29) is 24.1 Å². The molecule has 134 valence electrons. The molecule has 0 radical (unpaired) electrons. The Balaban J connectivity index is 1.48. The Bertz CT molecular complexity index is 895. The number of nitrogens with two attached hydrogens (primary N) is 1. The summed E-state index contributed by atoms with van der Waals surface area (Å²) in [6.45, 7) is 0.287. The molecule has 1 aromatic carbocycles. The summed E-state index contributed by atoms with van der Waals surface area (Å²) < 4.78 is 5.09. The quantitative estimate of drug-likeness (QED) is 0.558. The van der Waals surface area contributed by atoms with Crippen molar-refractivity contribution < 1.29 is 14.3 Å². The number of benzene rings is 1. The number of hydrogen-bond acceptors (Lipinski definition) is 8. The second kappa shape index (κ2) is 8.41. The van der Waals surface area contributed by atoms with Crippen LogP contribution in [0.5, 0.6) is 5.19 Å². The molecule has 0 atom stereocenters. The Hall–Kier alpha value is -2.98. The van der Waals surface area contributed by atoms with Gasteiger partial charge in [-0.15, -0.1) is 11.3 Å². The number of rotatable bonds is 6. The lowest BCUT2D eigenvalue weighted by Crippen LogP contribution is -2.26. The maximum atomic E-state index is 12.1. The van der Waals surface area contributed by atoms with Gasteiger partial charge in [0.25, 0.3) is 5.19 Å². The molecule has 0 spiro atoms. The van der Waals surface area contributed by atoms with Crippen molar-refractivity contribution in [2.45, 2.75) is 13.0 Å². The zero-order valence-electron chi connectivity index (χ0n) is 13.5. The molecule has 0 aliphatic carbocycles. The summed E-state index contributed by atoms with van der Waals surface area (Å²) in [5.41, 5.74) is 7.33. The SMILES string of the molecule is Nc1ccccc1NC(=O)Cc1csc(OC(=O)NCc2nccs2)n1. The normalized spacial score (nSPS) is 10.3. The number of para-hydroxylation sites is 2. The van der Waals surface area contributed by atoms with Crippen molar-refractivity contribution in [2.75, 3.05) is 11.1 Å². The van der Waals surface area contributed by atoms with E-state index in [1.165, 1.54) is 11.3 Å². The van der Waals surface area contributed by atoms with E-state index < -0.39 is 6.09 Å². The Morgan fingerprint density at radius 1 is 1.23 bits per heavy atom. The first-order valence-corrected chi connectivity index (χ1v) is 9.29. The van der Waals surface area contributed by atoms with Crippen LogP contribution < -0.4 is 21.1 Å². The summed E-state index contributed by atoms with van der Waals surface area (Å²) in [5.74, 6) is -0.257. The van der Waals surface area contributed by atoms with Gasteiger partial charge in [-0.3, -0.25) is 4.79 Å². The third-order valence-electron chi connectivity index (χ3n) is 3.15. The molecule has 3 rings (SSSR count). The van der Waals surface area contributed by atoms with E-state index in [0.29, 0.717) is 17.1 Å². The van der Waals surface area contributed by atoms with Gasteiger partial charge in [-0.05, 0) is 12.1 Å². The molecule has 8 nitrogen and oxygen atoms in total. The fourth-order valence-electron chi connectivity index (χ4n) is 1.99. The van der Waals surface area contributed by atoms with Gasteiger partial charge in [0.15, 0.2) is 0 Å². The molecule has 2 heterocycles. The second-order valence-corrected chi connectivity index (χ2v) is 6.89. The lowest BCUT2D eigenvalue weighted by molar-refractivity contribution is -0.115. The van der Waals surface area contributed by atoms with Crippen molar-refractivity contribution in [3.63, 3.8) is 0 Å². The predicted molar refractivity (Wildman–Crippen MR) is 100 cm³/mol. The molecule has 0 saturated heterocycles. The molecule has 0 bridgehead atoms. The van der Waals surface area contributed by atoms with Gasteiger partial charge in [0.2, 0.25) is 5.91 Å². The Kier molecular flexibility index (Phi) is 5.77. The zero-order chi connectivity index (χ0) is 18.4. The van der Waals surface area contributed by atoms with Gasteiger partial charge in [-0.1, -0.05) is 23.5 Å². The molecule has 0 fully saturated rings. The standard InChI is InChI=1S/C16H15N5O3S2/c17-11-3-1-2-4-12(11)21-13(22)7-10-9-26-16(20-10)24-15(23)19-8-14-18-5-6-25-14/h1-6,9H,7-8,17H2,(H,19,23)(H,21,22). The summed E-state index contributed by atoms with van der Waals surface area (Å²) in [6, 6.07) is 6.99. The summed E-state index contributed by atoms with van der Waals surface area (Å²) in [6.07, 6.45) is 1.09. The average Bonchev–Trinajstić information content (AvgIpc) is 3.27. The molecule has 0 saturated carbocycles.